The molecule has 1 aromatic carbocycles. The molecule has 1 aliphatic carbocycles. The highest BCUT2D eigenvalue weighted by atomic mass is 19.1. The van der Waals surface area contributed by atoms with Gasteiger partial charge in [0.15, 0.2) is 5.78 Å². The summed E-state index contributed by atoms with van der Waals surface area (Å²) in [7, 11) is 0. The summed E-state index contributed by atoms with van der Waals surface area (Å²) in [5, 5.41) is 0. The van der Waals surface area contributed by atoms with E-state index in [4.69, 9.17) is 0 Å². The van der Waals surface area contributed by atoms with E-state index in [-0.39, 0.29) is 17.0 Å². The fourth-order valence-corrected chi connectivity index (χ4v) is 3.28. The number of nitrogens with zero attached hydrogens (tertiary/aromatic N) is 1. The molecular weight excluding hydrogens is 265 g/mol. The Hall–Kier alpha value is -1.90. The number of aromatic nitrogens is 1. The number of carbonyl (C=O) groups is 1. The lowest BCUT2D eigenvalue weighted by atomic mass is 9.76. The highest BCUT2D eigenvalue weighted by molar-refractivity contribution is 5.99. The highest BCUT2D eigenvalue weighted by Crippen LogP contribution is 2.37. The van der Waals surface area contributed by atoms with Gasteiger partial charge in [0.2, 0.25) is 0 Å². The number of fused-ring (bicyclic) bond motifs is 1. The molecule has 0 bridgehead atoms. The first-order valence-electron chi connectivity index (χ1n) is 7.29. The predicted molar refractivity (Wildman–Crippen MR) is 81.6 cm³/mol. The molecule has 0 N–H and O–H groups in total. The van der Waals surface area contributed by atoms with Crippen molar-refractivity contribution < 1.29 is 9.18 Å². The molecular formula is C18H20FNO. The molecule has 110 valence electrons. The average Bonchev–Trinajstić information content (AvgIpc) is 2.68. The number of benzene rings is 1. The van der Waals surface area contributed by atoms with E-state index in [1.165, 1.54) is 6.07 Å². The third kappa shape index (κ3) is 2.31. The minimum Gasteiger partial charge on any atom is -0.317 e. The van der Waals surface area contributed by atoms with Gasteiger partial charge in [-0.05, 0) is 55.5 Å². The smallest absolute Gasteiger partial charge is 0.165 e. The van der Waals surface area contributed by atoms with E-state index in [9.17, 15) is 9.18 Å². The van der Waals surface area contributed by atoms with Gasteiger partial charge in [-0.3, -0.25) is 4.79 Å². The molecule has 0 atom stereocenters. The van der Waals surface area contributed by atoms with Crippen LogP contribution in [0.4, 0.5) is 4.39 Å². The Morgan fingerprint density at radius 2 is 1.86 bits per heavy atom. The molecule has 0 radical (unpaired) electrons. The van der Waals surface area contributed by atoms with Gasteiger partial charge in [-0.1, -0.05) is 13.8 Å². The lowest BCUT2D eigenvalue weighted by molar-refractivity contribution is 0.0911. The molecule has 0 saturated heterocycles. The Bertz CT molecular complexity index is 740. The van der Waals surface area contributed by atoms with Gasteiger partial charge in [-0.15, -0.1) is 0 Å². The van der Waals surface area contributed by atoms with Gasteiger partial charge in [0, 0.05) is 29.1 Å². The largest absolute Gasteiger partial charge is 0.317 e. The van der Waals surface area contributed by atoms with Crippen LogP contribution < -0.4 is 0 Å². The lowest BCUT2D eigenvalue weighted by Gasteiger charge is -2.30. The third-order valence-corrected chi connectivity index (χ3v) is 4.27. The van der Waals surface area contributed by atoms with E-state index in [1.807, 2.05) is 19.1 Å². The molecule has 3 heteroatoms. The molecule has 1 aliphatic rings. The molecule has 1 aromatic heterocycles. The second-order valence-electron chi connectivity index (χ2n) is 6.86. The van der Waals surface area contributed by atoms with E-state index < -0.39 is 0 Å². The Balaban J connectivity index is 2.20. The summed E-state index contributed by atoms with van der Waals surface area (Å²) in [6, 6.07) is 7.08. The van der Waals surface area contributed by atoms with Crippen molar-refractivity contribution in [3.8, 4) is 5.69 Å². The minimum atomic E-state index is -0.200. The van der Waals surface area contributed by atoms with Crippen molar-refractivity contribution in [3.05, 3.63) is 52.6 Å². The van der Waals surface area contributed by atoms with Crippen LogP contribution in [-0.4, -0.2) is 10.4 Å². The molecule has 0 aliphatic heterocycles. The maximum absolute atomic E-state index is 13.5. The van der Waals surface area contributed by atoms with E-state index in [0.717, 1.165) is 29.1 Å². The Kier molecular flexibility index (Phi) is 3.05. The van der Waals surface area contributed by atoms with Crippen molar-refractivity contribution in [1.82, 2.24) is 4.57 Å². The first-order valence-corrected chi connectivity index (χ1v) is 7.29. The molecule has 0 amide bonds. The van der Waals surface area contributed by atoms with Crippen molar-refractivity contribution >= 4 is 5.78 Å². The summed E-state index contributed by atoms with van der Waals surface area (Å²) >= 11 is 0. The summed E-state index contributed by atoms with van der Waals surface area (Å²) in [6.45, 7) is 8.00. The van der Waals surface area contributed by atoms with Gasteiger partial charge < -0.3 is 4.57 Å². The Labute approximate surface area is 124 Å². The second-order valence-corrected chi connectivity index (χ2v) is 6.86. The third-order valence-electron chi connectivity index (χ3n) is 4.27. The van der Waals surface area contributed by atoms with Crippen LogP contribution in [0.3, 0.4) is 0 Å². The summed E-state index contributed by atoms with van der Waals surface area (Å²) < 4.78 is 15.6. The zero-order chi connectivity index (χ0) is 15.4. The standard InChI is InChI=1S/C18H20FNO/c1-11-7-13(5-6-15(11)19)20-12(2)8-14-16(20)9-18(3,4)10-17(14)21/h5-8H,9-10H2,1-4H3. The number of carbonyl (C=O) groups excluding carboxylic acids is 1. The first kappa shape index (κ1) is 14.1. The van der Waals surface area contributed by atoms with Crippen LogP contribution in [0.1, 0.15) is 47.6 Å². The van der Waals surface area contributed by atoms with Crippen molar-refractivity contribution in [1.29, 1.82) is 0 Å². The number of rotatable bonds is 1. The zero-order valence-electron chi connectivity index (χ0n) is 13.0. The second kappa shape index (κ2) is 4.55. The molecule has 2 aromatic rings. The number of aryl methyl sites for hydroxylation is 2. The number of halogens is 1. The van der Waals surface area contributed by atoms with E-state index in [0.29, 0.717) is 12.0 Å². The topological polar surface area (TPSA) is 22.0 Å². The molecule has 2 nitrogen and oxygen atoms in total. The fourth-order valence-electron chi connectivity index (χ4n) is 3.28. The van der Waals surface area contributed by atoms with Crippen LogP contribution in [0.2, 0.25) is 0 Å². The quantitative estimate of drug-likeness (QED) is 0.761. The molecule has 3 rings (SSSR count). The number of ketones is 1. The van der Waals surface area contributed by atoms with Gasteiger partial charge in [-0.25, -0.2) is 4.39 Å². The van der Waals surface area contributed by atoms with Crippen LogP contribution in [0.5, 0.6) is 0 Å². The number of Topliss-reactive ketones (excluding diaryl/α,β-unsaturated/α-hetero) is 1. The molecule has 0 spiro atoms. The van der Waals surface area contributed by atoms with E-state index >= 15 is 0 Å². The fraction of sp³-hybridized carbons (Fsp3) is 0.389. The highest BCUT2D eigenvalue weighted by Gasteiger charge is 2.34. The number of hydrogen-bond acceptors (Lipinski definition) is 1. The van der Waals surface area contributed by atoms with Crippen LogP contribution in [0.15, 0.2) is 24.3 Å². The summed E-state index contributed by atoms with van der Waals surface area (Å²) in [5.74, 6) is 0.00997. The van der Waals surface area contributed by atoms with Crippen LogP contribution >= 0.6 is 0 Å². The van der Waals surface area contributed by atoms with Crippen molar-refractivity contribution in [2.75, 3.05) is 0 Å². The predicted octanol–water partition coefficient (Wildman–Crippen LogP) is 4.39. The molecule has 1 heterocycles. The van der Waals surface area contributed by atoms with E-state index in [1.54, 1.807) is 13.0 Å². The van der Waals surface area contributed by atoms with Gasteiger partial charge in [0.1, 0.15) is 5.82 Å². The average molecular weight is 285 g/mol. The van der Waals surface area contributed by atoms with Gasteiger partial charge in [-0.2, -0.15) is 0 Å². The minimum absolute atomic E-state index is 0.0261. The maximum atomic E-state index is 13.5. The summed E-state index contributed by atoms with van der Waals surface area (Å²) in [6.07, 6.45) is 1.45. The van der Waals surface area contributed by atoms with Crippen LogP contribution in [0.25, 0.3) is 5.69 Å². The van der Waals surface area contributed by atoms with Crippen LogP contribution in [0, 0.1) is 25.1 Å². The Morgan fingerprint density at radius 3 is 2.52 bits per heavy atom. The zero-order valence-corrected chi connectivity index (χ0v) is 13.0. The monoisotopic (exact) mass is 285 g/mol. The van der Waals surface area contributed by atoms with Gasteiger partial charge in [0.05, 0.1) is 0 Å². The molecule has 0 saturated carbocycles. The lowest BCUT2D eigenvalue weighted by Crippen LogP contribution is -2.27. The number of hydrogen-bond donors (Lipinski definition) is 0. The van der Waals surface area contributed by atoms with Crippen molar-refractivity contribution in [2.45, 2.75) is 40.5 Å². The van der Waals surface area contributed by atoms with Crippen LogP contribution in [-0.2, 0) is 6.42 Å². The summed E-state index contributed by atoms with van der Waals surface area (Å²) in [4.78, 5) is 12.3. The molecule has 21 heavy (non-hydrogen) atoms. The summed E-state index contributed by atoms with van der Waals surface area (Å²) in [5.41, 5.74) is 4.43. The van der Waals surface area contributed by atoms with Crippen molar-refractivity contribution in [2.24, 2.45) is 5.41 Å². The SMILES string of the molecule is Cc1cc(-n2c(C)cc3c2CC(C)(C)CC3=O)ccc1F. The molecule has 0 unspecified atom stereocenters. The Morgan fingerprint density at radius 1 is 1.14 bits per heavy atom. The van der Waals surface area contributed by atoms with E-state index in [2.05, 4.69) is 18.4 Å². The maximum Gasteiger partial charge on any atom is 0.165 e. The van der Waals surface area contributed by atoms with Gasteiger partial charge in [0.25, 0.3) is 0 Å². The van der Waals surface area contributed by atoms with Gasteiger partial charge >= 0.3 is 0 Å². The normalized spacial score (nSPS) is 16.9. The molecule has 0 fully saturated rings. The van der Waals surface area contributed by atoms with Crippen molar-refractivity contribution in [3.63, 3.8) is 0 Å². The first-order chi connectivity index (χ1) is 9.78.